The van der Waals surface area contributed by atoms with Gasteiger partial charge in [0, 0.05) is 43.8 Å². The van der Waals surface area contributed by atoms with Crippen LogP contribution >= 0.6 is 0 Å². The van der Waals surface area contributed by atoms with Crippen molar-refractivity contribution in [1.82, 2.24) is 19.8 Å². The molecule has 3 heterocycles. The van der Waals surface area contributed by atoms with E-state index in [1.807, 2.05) is 6.92 Å². The van der Waals surface area contributed by atoms with Crippen molar-refractivity contribution in [3.05, 3.63) is 17.7 Å². The standard InChI is InChI=1S/C14H22N4O3/c1-10-13(16-9-15-10)5-17-2-11-3-18(6-14(19)20)12(4-17)8-21-7-11/h9,11-12H,2-8H2,1H3,(H,15,16)(H,19,20)/t11-,12-/m0/s1. The zero-order valence-electron chi connectivity index (χ0n) is 12.3. The maximum absolute atomic E-state index is 11.0. The van der Waals surface area contributed by atoms with Crippen LogP contribution in [0.4, 0.5) is 0 Å². The van der Waals surface area contributed by atoms with E-state index in [0.717, 1.165) is 37.6 Å². The predicted octanol–water partition coefficient (Wildman–Crippen LogP) is -0.0647. The zero-order chi connectivity index (χ0) is 14.8. The third-order valence-electron chi connectivity index (χ3n) is 4.30. The number of nitrogens with one attached hydrogen (secondary N) is 1. The van der Waals surface area contributed by atoms with E-state index in [9.17, 15) is 4.79 Å². The largest absolute Gasteiger partial charge is 0.480 e. The summed E-state index contributed by atoms with van der Waals surface area (Å²) in [6.45, 7) is 6.81. The Hall–Kier alpha value is -1.44. The molecule has 0 amide bonds. The van der Waals surface area contributed by atoms with Gasteiger partial charge in [-0.1, -0.05) is 0 Å². The smallest absolute Gasteiger partial charge is 0.317 e. The quantitative estimate of drug-likeness (QED) is 0.809. The molecule has 0 aromatic carbocycles. The molecule has 2 bridgehead atoms. The summed E-state index contributed by atoms with van der Waals surface area (Å²) in [6.07, 6.45) is 1.73. The van der Waals surface area contributed by atoms with Gasteiger partial charge < -0.3 is 14.8 Å². The van der Waals surface area contributed by atoms with Crippen molar-refractivity contribution in [2.24, 2.45) is 5.92 Å². The molecule has 2 saturated heterocycles. The van der Waals surface area contributed by atoms with Crippen LogP contribution in [0, 0.1) is 12.8 Å². The molecule has 1 aromatic rings. The van der Waals surface area contributed by atoms with Crippen LogP contribution in [0.3, 0.4) is 0 Å². The molecule has 2 aliphatic heterocycles. The summed E-state index contributed by atoms with van der Waals surface area (Å²) in [5.74, 6) is -0.409. The average Bonchev–Trinajstić information content (AvgIpc) is 2.61. The summed E-state index contributed by atoms with van der Waals surface area (Å²) in [5.41, 5.74) is 2.17. The first-order valence-corrected chi connectivity index (χ1v) is 7.36. The Bertz CT molecular complexity index is 504. The molecular weight excluding hydrogens is 272 g/mol. The summed E-state index contributed by atoms with van der Waals surface area (Å²) in [7, 11) is 0. The molecule has 116 valence electrons. The number of ether oxygens (including phenoxy) is 1. The van der Waals surface area contributed by atoms with Gasteiger partial charge in [-0.3, -0.25) is 14.6 Å². The second kappa shape index (κ2) is 6.13. The average molecular weight is 294 g/mol. The molecular formula is C14H22N4O3. The van der Waals surface area contributed by atoms with E-state index in [-0.39, 0.29) is 12.6 Å². The maximum atomic E-state index is 11.0. The number of aromatic amines is 1. The van der Waals surface area contributed by atoms with Crippen molar-refractivity contribution < 1.29 is 14.6 Å². The van der Waals surface area contributed by atoms with Crippen molar-refractivity contribution in [2.75, 3.05) is 39.4 Å². The van der Waals surface area contributed by atoms with Crippen LogP contribution in [0.15, 0.2) is 6.33 Å². The van der Waals surface area contributed by atoms with Gasteiger partial charge in [0.25, 0.3) is 0 Å². The highest BCUT2D eigenvalue weighted by Crippen LogP contribution is 2.21. The van der Waals surface area contributed by atoms with E-state index in [4.69, 9.17) is 9.84 Å². The Morgan fingerprint density at radius 3 is 3.05 bits per heavy atom. The van der Waals surface area contributed by atoms with Crippen LogP contribution in [-0.4, -0.2) is 76.3 Å². The number of aromatic nitrogens is 2. The number of hydrogen-bond donors (Lipinski definition) is 2. The van der Waals surface area contributed by atoms with E-state index in [2.05, 4.69) is 19.8 Å². The zero-order valence-corrected chi connectivity index (χ0v) is 12.3. The summed E-state index contributed by atoms with van der Waals surface area (Å²) in [6, 6.07) is 0.146. The van der Waals surface area contributed by atoms with Gasteiger partial charge in [-0.15, -0.1) is 0 Å². The molecule has 2 aliphatic rings. The predicted molar refractivity (Wildman–Crippen MR) is 75.9 cm³/mol. The minimum absolute atomic E-state index is 0.0970. The van der Waals surface area contributed by atoms with Crippen LogP contribution in [-0.2, 0) is 16.1 Å². The lowest BCUT2D eigenvalue weighted by atomic mass is 10.1. The van der Waals surface area contributed by atoms with Gasteiger partial charge in [-0.2, -0.15) is 0 Å². The highest BCUT2D eigenvalue weighted by Gasteiger charge is 2.34. The van der Waals surface area contributed by atoms with Gasteiger partial charge in [0.1, 0.15) is 0 Å². The van der Waals surface area contributed by atoms with Crippen molar-refractivity contribution in [2.45, 2.75) is 19.5 Å². The first kappa shape index (κ1) is 14.5. The molecule has 3 rings (SSSR count). The Labute approximate surface area is 123 Å². The first-order valence-electron chi connectivity index (χ1n) is 7.36. The summed E-state index contributed by atoms with van der Waals surface area (Å²) in [5, 5.41) is 9.08. The molecule has 0 spiro atoms. The fourth-order valence-corrected chi connectivity index (χ4v) is 3.28. The number of aryl methyl sites for hydroxylation is 1. The Kier molecular flexibility index (Phi) is 4.23. The number of hydrogen-bond acceptors (Lipinski definition) is 5. The first-order chi connectivity index (χ1) is 10.1. The van der Waals surface area contributed by atoms with E-state index >= 15 is 0 Å². The topological polar surface area (TPSA) is 81.7 Å². The molecule has 7 nitrogen and oxygen atoms in total. The molecule has 1 aromatic heterocycles. The maximum Gasteiger partial charge on any atom is 0.317 e. The van der Waals surface area contributed by atoms with Gasteiger partial charge >= 0.3 is 5.97 Å². The van der Waals surface area contributed by atoms with Gasteiger partial charge in [-0.05, 0) is 6.92 Å². The molecule has 0 unspecified atom stereocenters. The number of nitrogens with zero attached hydrogens (tertiary/aromatic N) is 3. The number of fused-ring (bicyclic) bond motifs is 3. The van der Waals surface area contributed by atoms with E-state index in [1.165, 1.54) is 0 Å². The number of carbonyl (C=O) groups is 1. The van der Waals surface area contributed by atoms with E-state index < -0.39 is 5.97 Å². The fraction of sp³-hybridized carbons (Fsp3) is 0.714. The highest BCUT2D eigenvalue weighted by molar-refractivity contribution is 5.69. The monoisotopic (exact) mass is 294 g/mol. The SMILES string of the molecule is Cc1[nH]cnc1CN1C[C@@H]2COC[C@H](C1)N(CC(=O)O)C2. The van der Waals surface area contributed by atoms with Gasteiger partial charge in [0.05, 0.1) is 31.8 Å². The van der Waals surface area contributed by atoms with Crippen LogP contribution in [0.25, 0.3) is 0 Å². The number of imidazole rings is 1. The van der Waals surface area contributed by atoms with Gasteiger partial charge in [0.15, 0.2) is 0 Å². The summed E-state index contributed by atoms with van der Waals surface area (Å²) < 4.78 is 5.70. The third kappa shape index (κ3) is 3.42. The summed E-state index contributed by atoms with van der Waals surface area (Å²) in [4.78, 5) is 22.9. The number of H-pyrrole nitrogens is 1. The number of carboxylic acids is 1. The van der Waals surface area contributed by atoms with Crippen LogP contribution in [0.5, 0.6) is 0 Å². The van der Waals surface area contributed by atoms with Gasteiger partial charge in [-0.25, -0.2) is 4.98 Å². The lowest BCUT2D eigenvalue weighted by Crippen LogP contribution is -2.45. The molecule has 0 aliphatic carbocycles. The van der Waals surface area contributed by atoms with Crippen molar-refractivity contribution >= 4 is 5.97 Å². The Morgan fingerprint density at radius 2 is 2.33 bits per heavy atom. The van der Waals surface area contributed by atoms with E-state index in [0.29, 0.717) is 19.1 Å². The number of aliphatic carboxylic acids is 1. The lowest BCUT2D eigenvalue weighted by molar-refractivity contribution is -0.139. The normalized spacial score (nSPS) is 27.5. The Morgan fingerprint density at radius 1 is 1.48 bits per heavy atom. The molecule has 2 N–H and O–H groups in total. The van der Waals surface area contributed by atoms with Crippen LogP contribution in [0.1, 0.15) is 11.4 Å². The number of carboxylic acid groups (broad SMARTS) is 1. The molecule has 0 saturated carbocycles. The Balaban J connectivity index is 1.71. The molecule has 2 fully saturated rings. The number of rotatable bonds is 4. The minimum Gasteiger partial charge on any atom is -0.480 e. The van der Waals surface area contributed by atoms with Crippen molar-refractivity contribution in [3.63, 3.8) is 0 Å². The third-order valence-corrected chi connectivity index (χ3v) is 4.30. The minimum atomic E-state index is -0.766. The fourth-order valence-electron chi connectivity index (χ4n) is 3.28. The van der Waals surface area contributed by atoms with Crippen molar-refractivity contribution in [1.29, 1.82) is 0 Å². The second-order valence-corrected chi connectivity index (χ2v) is 6.05. The highest BCUT2D eigenvalue weighted by atomic mass is 16.5. The van der Waals surface area contributed by atoms with E-state index in [1.54, 1.807) is 6.33 Å². The van der Waals surface area contributed by atoms with Crippen LogP contribution < -0.4 is 0 Å². The molecule has 21 heavy (non-hydrogen) atoms. The van der Waals surface area contributed by atoms with Gasteiger partial charge in [0.2, 0.25) is 0 Å². The molecule has 0 radical (unpaired) electrons. The summed E-state index contributed by atoms with van der Waals surface area (Å²) >= 11 is 0. The van der Waals surface area contributed by atoms with Crippen molar-refractivity contribution in [3.8, 4) is 0 Å². The second-order valence-electron chi connectivity index (χ2n) is 6.05. The molecule has 7 heteroatoms. The van der Waals surface area contributed by atoms with Crippen LogP contribution in [0.2, 0.25) is 0 Å². The lowest BCUT2D eigenvalue weighted by Gasteiger charge is -2.30. The molecule has 2 atom stereocenters.